The first-order valence-corrected chi connectivity index (χ1v) is 6.97. The van der Waals surface area contributed by atoms with Gasteiger partial charge in [-0.15, -0.1) is 0 Å². The second-order valence-electron chi connectivity index (χ2n) is 5.19. The standard InChI is InChI=1S/C17H16F4O/c1-4-9(2)11-5-7-12(8-6-11)22-17-15(20)13(18)10(3)14(19)16(17)21/h5-9H,4H2,1-3H3. The Morgan fingerprint density at radius 3 is 1.86 bits per heavy atom. The van der Waals surface area contributed by atoms with Gasteiger partial charge in [0, 0.05) is 5.56 Å². The summed E-state index contributed by atoms with van der Waals surface area (Å²) >= 11 is 0. The van der Waals surface area contributed by atoms with Crippen LogP contribution in [0, 0.1) is 30.2 Å². The highest BCUT2D eigenvalue weighted by atomic mass is 19.2. The predicted molar refractivity (Wildman–Crippen MR) is 76.2 cm³/mol. The highest BCUT2D eigenvalue weighted by molar-refractivity contribution is 5.38. The van der Waals surface area contributed by atoms with Crippen molar-refractivity contribution >= 4 is 0 Å². The smallest absolute Gasteiger partial charge is 0.204 e. The van der Waals surface area contributed by atoms with E-state index in [1.807, 2.05) is 13.8 Å². The summed E-state index contributed by atoms with van der Waals surface area (Å²) in [6.07, 6.45) is 0.942. The van der Waals surface area contributed by atoms with Gasteiger partial charge in [-0.2, -0.15) is 8.78 Å². The van der Waals surface area contributed by atoms with E-state index in [0.29, 0.717) is 5.92 Å². The lowest BCUT2D eigenvalue weighted by Crippen LogP contribution is -2.03. The van der Waals surface area contributed by atoms with Crippen LogP contribution in [0.2, 0.25) is 0 Å². The minimum atomic E-state index is -1.54. The molecule has 0 heterocycles. The van der Waals surface area contributed by atoms with Gasteiger partial charge in [-0.05, 0) is 37.0 Å². The third-order valence-corrected chi connectivity index (χ3v) is 3.72. The van der Waals surface area contributed by atoms with E-state index >= 15 is 0 Å². The van der Waals surface area contributed by atoms with E-state index in [2.05, 4.69) is 0 Å². The Hall–Kier alpha value is -2.04. The molecule has 2 aromatic rings. The zero-order chi connectivity index (χ0) is 16.4. The van der Waals surface area contributed by atoms with Gasteiger partial charge in [0.25, 0.3) is 0 Å². The van der Waals surface area contributed by atoms with E-state index in [0.717, 1.165) is 18.9 Å². The zero-order valence-corrected chi connectivity index (χ0v) is 12.5. The van der Waals surface area contributed by atoms with Crippen LogP contribution in [-0.2, 0) is 0 Å². The predicted octanol–water partition coefficient (Wildman–Crippen LogP) is 5.86. The van der Waals surface area contributed by atoms with Crippen molar-refractivity contribution in [2.75, 3.05) is 0 Å². The largest absolute Gasteiger partial charge is 0.451 e. The fourth-order valence-electron chi connectivity index (χ4n) is 2.03. The van der Waals surface area contributed by atoms with Crippen LogP contribution in [0.1, 0.15) is 37.3 Å². The Labute approximate surface area is 126 Å². The van der Waals surface area contributed by atoms with Gasteiger partial charge in [0.15, 0.2) is 11.6 Å². The van der Waals surface area contributed by atoms with Crippen LogP contribution in [0.5, 0.6) is 11.5 Å². The van der Waals surface area contributed by atoms with Gasteiger partial charge in [0.1, 0.15) is 5.75 Å². The molecule has 0 aromatic heterocycles. The molecule has 0 radical (unpaired) electrons. The molecule has 5 heteroatoms. The Morgan fingerprint density at radius 1 is 0.909 bits per heavy atom. The molecule has 0 N–H and O–H groups in total. The summed E-state index contributed by atoms with van der Waals surface area (Å²) < 4.78 is 59.5. The maximum absolute atomic E-state index is 13.7. The van der Waals surface area contributed by atoms with Crippen LogP contribution in [0.4, 0.5) is 17.6 Å². The van der Waals surface area contributed by atoms with Crippen molar-refractivity contribution in [2.24, 2.45) is 0 Å². The Bertz CT molecular complexity index is 651. The Balaban J connectivity index is 2.35. The molecule has 1 nitrogen and oxygen atoms in total. The number of rotatable bonds is 4. The first kappa shape index (κ1) is 16.3. The van der Waals surface area contributed by atoms with Gasteiger partial charge in [-0.1, -0.05) is 26.0 Å². The molecule has 2 rings (SSSR count). The van der Waals surface area contributed by atoms with E-state index in [1.54, 1.807) is 12.1 Å². The molecule has 1 unspecified atom stereocenters. The van der Waals surface area contributed by atoms with E-state index in [-0.39, 0.29) is 5.75 Å². The molecule has 0 saturated carbocycles. The summed E-state index contributed by atoms with van der Waals surface area (Å²) in [4.78, 5) is 0. The van der Waals surface area contributed by atoms with Crippen molar-refractivity contribution in [3.63, 3.8) is 0 Å². The van der Waals surface area contributed by atoms with Crippen LogP contribution in [0.15, 0.2) is 24.3 Å². The average molecular weight is 312 g/mol. The molecule has 118 valence electrons. The number of hydrogen-bond donors (Lipinski definition) is 0. The third-order valence-electron chi connectivity index (χ3n) is 3.72. The van der Waals surface area contributed by atoms with Gasteiger partial charge < -0.3 is 4.74 Å². The molecule has 0 aliphatic carbocycles. The zero-order valence-electron chi connectivity index (χ0n) is 12.5. The number of ether oxygens (including phenoxy) is 1. The van der Waals surface area contributed by atoms with Crippen LogP contribution in [0.25, 0.3) is 0 Å². The molecule has 2 aromatic carbocycles. The minimum Gasteiger partial charge on any atom is -0.451 e. The van der Waals surface area contributed by atoms with Crippen LogP contribution < -0.4 is 4.74 Å². The maximum Gasteiger partial charge on any atom is 0.204 e. The summed E-state index contributed by atoms with van der Waals surface area (Å²) in [6, 6.07) is 6.52. The molecular formula is C17H16F4O. The highest BCUT2D eigenvalue weighted by Gasteiger charge is 2.24. The molecular weight excluding hydrogens is 296 g/mol. The third kappa shape index (κ3) is 2.93. The van der Waals surface area contributed by atoms with Gasteiger partial charge >= 0.3 is 0 Å². The quantitative estimate of drug-likeness (QED) is 0.508. The summed E-state index contributed by atoms with van der Waals surface area (Å²) in [7, 11) is 0. The first-order chi connectivity index (χ1) is 10.4. The van der Waals surface area contributed by atoms with Gasteiger partial charge in [0.05, 0.1) is 0 Å². The van der Waals surface area contributed by atoms with Crippen LogP contribution in [-0.4, -0.2) is 0 Å². The van der Waals surface area contributed by atoms with E-state index in [9.17, 15) is 17.6 Å². The summed E-state index contributed by atoms with van der Waals surface area (Å²) in [5.74, 6) is -6.62. The van der Waals surface area contributed by atoms with Crippen LogP contribution in [0.3, 0.4) is 0 Å². The number of hydrogen-bond acceptors (Lipinski definition) is 1. The molecule has 0 amide bonds. The van der Waals surface area contributed by atoms with Gasteiger partial charge in [-0.25, -0.2) is 8.78 Å². The van der Waals surface area contributed by atoms with Crippen LogP contribution >= 0.6 is 0 Å². The van der Waals surface area contributed by atoms with E-state index < -0.39 is 34.6 Å². The van der Waals surface area contributed by atoms with Crippen molar-refractivity contribution in [3.8, 4) is 11.5 Å². The first-order valence-electron chi connectivity index (χ1n) is 6.97. The SMILES string of the molecule is CCC(C)c1ccc(Oc2c(F)c(F)c(C)c(F)c2F)cc1. The minimum absolute atomic E-state index is 0.104. The second kappa shape index (κ2) is 6.38. The molecule has 0 fully saturated rings. The summed E-state index contributed by atoms with van der Waals surface area (Å²) in [5.41, 5.74) is 0.325. The van der Waals surface area contributed by atoms with Crippen molar-refractivity contribution in [3.05, 3.63) is 58.7 Å². The average Bonchev–Trinajstić information content (AvgIpc) is 2.55. The van der Waals surface area contributed by atoms with Crippen molar-refractivity contribution < 1.29 is 22.3 Å². The summed E-state index contributed by atoms with van der Waals surface area (Å²) in [5, 5.41) is 0. The fourth-order valence-corrected chi connectivity index (χ4v) is 2.03. The molecule has 0 saturated heterocycles. The van der Waals surface area contributed by atoms with Crippen molar-refractivity contribution in [1.29, 1.82) is 0 Å². The monoisotopic (exact) mass is 312 g/mol. The highest BCUT2D eigenvalue weighted by Crippen LogP contribution is 2.33. The molecule has 1 atom stereocenters. The summed E-state index contributed by atoms with van der Waals surface area (Å²) in [6.45, 7) is 5.04. The molecule has 22 heavy (non-hydrogen) atoms. The fraction of sp³-hybridized carbons (Fsp3) is 0.294. The molecule has 0 aliphatic rings. The Morgan fingerprint density at radius 2 is 1.41 bits per heavy atom. The lowest BCUT2D eigenvalue weighted by molar-refractivity contribution is 0.362. The van der Waals surface area contributed by atoms with Gasteiger partial charge in [-0.3, -0.25) is 0 Å². The number of halogens is 4. The normalized spacial score (nSPS) is 12.3. The topological polar surface area (TPSA) is 9.23 Å². The van der Waals surface area contributed by atoms with Crippen molar-refractivity contribution in [2.45, 2.75) is 33.1 Å². The lowest BCUT2D eigenvalue weighted by atomic mass is 9.99. The molecule has 0 bridgehead atoms. The molecule has 0 aliphatic heterocycles. The second-order valence-corrected chi connectivity index (χ2v) is 5.19. The Kier molecular flexibility index (Phi) is 4.74. The van der Waals surface area contributed by atoms with E-state index in [4.69, 9.17) is 4.74 Å². The van der Waals surface area contributed by atoms with Crippen molar-refractivity contribution in [1.82, 2.24) is 0 Å². The lowest BCUT2D eigenvalue weighted by Gasteiger charge is -2.13. The van der Waals surface area contributed by atoms with E-state index in [1.165, 1.54) is 12.1 Å². The number of benzene rings is 2. The van der Waals surface area contributed by atoms with Gasteiger partial charge in [0.2, 0.25) is 17.4 Å². The maximum atomic E-state index is 13.7. The molecule has 0 spiro atoms.